The molecule has 1 aromatic rings. The van der Waals surface area contributed by atoms with Crippen LogP contribution in [0.3, 0.4) is 0 Å². The van der Waals surface area contributed by atoms with E-state index in [0.29, 0.717) is 29.5 Å². The molecule has 5 heteroatoms. The molecule has 2 aliphatic rings. The van der Waals surface area contributed by atoms with Gasteiger partial charge in [0.05, 0.1) is 5.69 Å². The summed E-state index contributed by atoms with van der Waals surface area (Å²) in [6.07, 6.45) is 4.87. The molecule has 1 fully saturated rings. The summed E-state index contributed by atoms with van der Waals surface area (Å²) in [5, 5.41) is 5.68. The van der Waals surface area contributed by atoms with Gasteiger partial charge in [0.25, 0.3) is 5.91 Å². The Morgan fingerprint density at radius 2 is 2.14 bits per heavy atom. The van der Waals surface area contributed by atoms with E-state index in [2.05, 4.69) is 10.6 Å². The van der Waals surface area contributed by atoms with Crippen molar-refractivity contribution in [2.75, 3.05) is 10.6 Å². The van der Waals surface area contributed by atoms with Gasteiger partial charge in [0.15, 0.2) is 6.10 Å². The van der Waals surface area contributed by atoms with Crippen LogP contribution >= 0.6 is 0 Å². The van der Waals surface area contributed by atoms with Gasteiger partial charge in [-0.2, -0.15) is 0 Å². The number of amides is 2. The van der Waals surface area contributed by atoms with Crippen molar-refractivity contribution in [2.24, 2.45) is 5.92 Å². The summed E-state index contributed by atoms with van der Waals surface area (Å²) in [4.78, 5) is 23.6. The van der Waals surface area contributed by atoms with Crippen LogP contribution in [0.25, 0.3) is 0 Å². The van der Waals surface area contributed by atoms with Gasteiger partial charge in [-0.05, 0) is 43.9 Å². The highest BCUT2D eigenvalue weighted by molar-refractivity contribution is 5.99. The van der Waals surface area contributed by atoms with E-state index in [0.717, 1.165) is 12.8 Å². The monoisotopic (exact) mass is 288 g/mol. The molecule has 21 heavy (non-hydrogen) atoms. The molecule has 0 aromatic heterocycles. The molecule has 2 N–H and O–H groups in total. The van der Waals surface area contributed by atoms with Crippen molar-refractivity contribution in [3.05, 3.63) is 18.2 Å². The van der Waals surface area contributed by atoms with Gasteiger partial charge in [-0.25, -0.2) is 0 Å². The Labute approximate surface area is 124 Å². The molecule has 0 bridgehead atoms. The fourth-order valence-corrected chi connectivity index (χ4v) is 2.98. The van der Waals surface area contributed by atoms with Crippen LogP contribution in [0.4, 0.5) is 11.4 Å². The fourth-order valence-electron chi connectivity index (χ4n) is 2.98. The van der Waals surface area contributed by atoms with Crippen LogP contribution in [0.5, 0.6) is 5.75 Å². The summed E-state index contributed by atoms with van der Waals surface area (Å²) in [5.41, 5.74) is 1.30. The molecule has 1 unspecified atom stereocenters. The molecule has 0 saturated heterocycles. The Balaban J connectivity index is 1.65. The zero-order chi connectivity index (χ0) is 14.8. The standard InChI is InChI=1S/C16H20N2O3/c1-10-16(20)18-13-9-12(6-7-14(13)21-10)17-15(19)8-11-4-2-3-5-11/h6-7,9-11H,2-5,8H2,1H3,(H,17,19)(H,18,20). The summed E-state index contributed by atoms with van der Waals surface area (Å²) >= 11 is 0. The predicted molar refractivity (Wildman–Crippen MR) is 80.4 cm³/mol. The largest absolute Gasteiger partial charge is 0.479 e. The quantitative estimate of drug-likeness (QED) is 0.898. The lowest BCUT2D eigenvalue weighted by atomic mass is 10.0. The van der Waals surface area contributed by atoms with Crippen molar-refractivity contribution in [2.45, 2.75) is 45.1 Å². The second-order valence-electron chi connectivity index (χ2n) is 5.86. The minimum absolute atomic E-state index is 0.0401. The third kappa shape index (κ3) is 3.17. The van der Waals surface area contributed by atoms with E-state index in [9.17, 15) is 9.59 Å². The highest BCUT2D eigenvalue weighted by Crippen LogP contribution is 2.32. The molecule has 3 rings (SSSR count). The number of carbonyl (C=O) groups is 2. The van der Waals surface area contributed by atoms with E-state index in [1.54, 1.807) is 25.1 Å². The molecular formula is C16H20N2O3. The second kappa shape index (κ2) is 5.76. The summed E-state index contributed by atoms with van der Waals surface area (Å²) < 4.78 is 5.49. The SMILES string of the molecule is CC1Oc2ccc(NC(=O)CC3CCCC3)cc2NC1=O. The van der Waals surface area contributed by atoms with Crippen molar-refractivity contribution in [3.63, 3.8) is 0 Å². The maximum atomic E-state index is 12.0. The highest BCUT2D eigenvalue weighted by Gasteiger charge is 2.24. The number of carbonyl (C=O) groups excluding carboxylic acids is 2. The topological polar surface area (TPSA) is 67.4 Å². The van der Waals surface area contributed by atoms with Gasteiger partial charge < -0.3 is 15.4 Å². The van der Waals surface area contributed by atoms with E-state index in [1.807, 2.05) is 0 Å². The summed E-state index contributed by atoms with van der Waals surface area (Å²) in [6, 6.07) is 5.32. The second-order valence-corrected chi connectivity index (χ2v) is 5.86. The van der Waals surface area contributed by atoms with Gasteiger partial charge in [0, 0.05) is 12.1 Å². The third-order valence-corrected chi connectivity index (χ3v) is 4.14. The average Bonchev–Trinajstić information content (AvgIpc) is 2.93. The number of rotatable bonds is 3. The van der Waals surface area contributed by atoms with Crippen LogP contribution in [-0.4, -0.2) is 17.9 Å². The molecule has 1 aliphatic carbocycles. The average molecular weight is 288 g/mol. The molecule has 0 spiro atoms. The minimum atomic E-state index is -0.486. The lowest BCUT2D eigenvalue weighted by Gasteiger charge is -2.23. The molecule has 1 atom stereocenters. The number of benzene rings is 1. The van der Waals surface area contributed by atoms with Crippen LogP contribution in [-0.2, 0) is 9.59 Å². The molecule has 1 saturated carbocycles. The fraction of sp³-hybridized carbons (Fsp3) is 0.500. The molecule has 5 nitrogen and oxygen atoms in total. The molecule has 1 aliphatic heterocycles. The highest BCUT2D eigenvalue weighted by atomic mass is 16.5. The lowest BCUT2D eigenvalue weighted by Crippen LogP contribution is -2.34. The van der Waals surface area contributed by atoms with Crippen LogP contribution in [0.2, 0.25) is 0 Å². The predicted octanol–water partition coefficient (Wildman–Crippen LogP) is 2.92. The first-order valence-corrected chi connectivity index (χ1v) is 7.53. The van der Waals surface area contributed by atoms with Gasteiger partial charge in [-0.3, -0.25) is 9.59 Å². The van der Waals surface area contributed by atoms with Gasteiger partial charge in [-0.1, -0.05) is 12.8 Å². The smallest absolute Gasteiger partial charge is 0.265 e. The third-order valence-electron chi connectivity index (χ3n) is 4.14. The number of hydrogen-bond donors (Lipinski definition) is 2. The van der Waals surface area contributed by atoms with Crippen LogP contribution in [0.15, 0.2) is 18.2 Å². The molecule has 112 valence electrons. The van der Waals surface area contributed by atoms with Gasteiger partial charge in [0.2, 0.25) is 5.91 Å². The van der Waals surface area contributed by atoms with Crippen molar-refractivity contribution in [3.8, 4) is 5.75 Å². The summed E-state index contributed by atoms with van der Waals surface area (Å²) in [7, 11) is 0. The Hall–Kier alpha value is -2.04. The van der Waals surface area contributed by atoms with Crippen molar-refractivity contribution in [1.29, 1.82) is 0 Å². The van der Waals surface area contributed by atoms with Crippen LogP contribution < -0.4 is 15.4 Å². The zero-order valence-electron chi connectivity index (χ0n) is 12.1. The van der Waals surface area contributed by atoms with E-state index >= 15 is 0 Å². The number of ether oxygens (including phenoxy) is 1. The van der Waals surface area contributed by atoms with Gasteiger partial charge >= 0.3 is 0 Å². The lowest BCUT2D eigenvalue weighted by molar-refractivity contribution is -0.122. The van der Waals surface area contributed by atoms with E-state index in [4.69, 9.17) is 4.74 Å². The van der Waals surface area contributed by atoms with E-state index < -0.39 is 6.10 Å². The van der Waals surface area contributed by atoms with Gasteiger partial charge in [-0.15, -0.1) is 0 Å². The number of hydrogen-bond acceptors (Lipinski definition) is 3. The van der Waals surface area contributed by atoms with E-state index in [-0.39, 0.29) is 11.8 Å². The Kier molecular flexibility index (Phi) is 3.82. The molecular weight excluding hydrogens is 268 g/mol. The zero-order valence-corrected chi connectivity index (χ0v) is 12.1. The van der Waals surface area contributed by atoms with E-state index in [1.165, 1.54) is 12.8 Å². The molecule has 0 radical (unpaired) electrons. The Morgan fingerprint density at radius 3 is 2.90 bits per heavy atom. The minimum Gasteiger partial charge on any atom is -0.479 e. The van der Waals surface area contributed by atoms with Crippen molar-refractivity contribution < 1.29 is 14.3 Å². The van der Waals surface area contributed by atoms with Crippen molar-refractivity contribution >= 4 is 23.2 Å². The number of fused-ring (bicyclic) bond motifs is 1. The number of nitrogens with one attached hydrogen (secondary N) is 2. The molecule has 1 aromatic carbocycles. The molecule has 1 heterocycles. The first-order valence-electron chi connectivity index (χ1n) is 7.53. The Bertz CT molecular complexity index is 565. The summed E-state index contributed by atoms with van der Waals surface area (Å²) in [5.74, 6) is 1.03. The van der Waals surface area contributed by atoms with Crippen LogP contribution in [0, 0.1) is 5.92 Å². The first-order chi connectivity index (χ1) is 10.1. The van der Waals surface area contributed by atoms with Crippen molar-refractivity contribution in [1.82, 2.24) is 0 Å². The number of anilines is 2. The normalized spacial score (nSPS) is 21.4. The molecule has 2 amide bonds. The maximum Gasteiger partial charge on any atom is 0.265 e. The van der Waals surface area contributed by atoms with Crippen LogP contribution in [0.1, 0.15) is 39.0 Å². The Morgan fingerprint density at radius 1 is 1.38 bits per heavy atom. The first kappa shape index (κ1) is 13.9. The maximum absolute atomic E-state index is 12.0. The van der Waals surface area contributed by atoms with Gasteiger partial charge in [0.1, 0.15) is 5.75 Å². The summed E-state index contributed by atoms with van der Waals surface area (Å²) in [6.45, 7) is 1.70.